The zero-order valence-electron chi connectivity index (χ0n) is 9.73. The van der Waals surface area contributed by atoms with Crippen LogP contribution in [0.25, 0.3) is 0 Å². The SMILES string of the molecule is CCOC1=Nc2ccccc2C1(C)CCO. The summed E-state index contributed by atoms with van der Waals surface area (Å²) in [6, 6.07) is 8.01. The minimum atomic E-state index is -0.276. The second-order valence-corrected chi connectivity index (χ2v) is 4.17. The van der Waals surface area contributed by atoms with Crippen LogP contribution in [0.4, 0.5) is 5.69 Å². The van der Waals surface area contributed by atoms with Crippen LogP contribution >= 0.6 is 0 Å². The Morgan fingerprint density at radius 2 is 2.12 bits per heavy atom. The van der Waals surface area contributed by atoms with E-state index < -0.39 is 0 Å². The van der Waals surface area contributed by atoms with Crippen molar-refractivity contribution >= 4 is 11.6 Å². The van der Waals surface area contributed by atoms with Gasteiger partial charge in [-0.05, 0) is 31.9 Å². The number of aliphatic imine (C=N–C) groups is 1. The standard InChI is InChI=1S/C13H17NO2/c1-3-16-12-13(2,8-9-15)10-6-4-5-7-11(10)14-12/h4-7,15H,3,8-9H2,1-2H3. The van der Waals surface area contributed by atoms with Crippen molar-refractivity contribution in [2.75, 3.05) is 13.2 Å². The van der Waals surface area contributed by atoms with Crippen LogP contribution in [0.2, 0.25) is 0 Å². The second-order valence-electron chi connectivity index (χ2n) is 4.17. The summed E-state index contributed by atoms with van der Waals surface area (Å²) in [6.07, 6.45) is 0.642. The van der Waals surface area contributed by atoms with E-state index in [-0.39, 0.29) is 12.0 Å². The molecule has 3 nitrogen and oxygen atoms in total. The van der Waals surface area contributed by atoms with Crippen LogP contribution in [-0.4, -0.2) is 24.2 Å². The fourth-order valence-electron chi connectivity index (χ4n) is 2.18. The molecule has 1 N–H and O–H groups in total. The Bertz CT molecular complexity index is 414. The molecule has 1 heterocycles. The molecule has 1 aromatic carbocycles. The minimum absolute atomic E-state index is 0.136. The van der Waals surface area contributed by atoms with Gasteiger partial charge in [0.05, 0.1) is 17.7 Å². The average molecular weight is 219 g/mol. The molecule has 0 aliphatic carbocycles. The first-order valence-electron chi connectivity index (χ1n) is 5.64. The Balaban J connectivity index is 2.43. The van der Waals surface area contributed by atoms with Gasteiger partial charge in [0.2, 0.25) is 0 Å². The van der Waals surface area contributed by atoms with Crippen LogP contribution in [0.3, 0.4) is 0 Å². The summed E-state index contributed by atoms with van der Waals surface area (Å²) in [4.78, 5) is 4.50. The van der Waals surface area contributed by atoms with E-state index in [1.807, 2.05) is 25.1 Å². The Morgan fingerprint density at radius 3 is 2.81 bits per heavy atom. The molecule has 1 atom stereocenters. The summed E-state index contributed by atoms with van der Waals surface area (Å²) in [5.41, 5.74) is 1.83. The third-order valence-corrected chi connectivity index (χ3v) is 3.09. The lowest BCUT2D eigenvalue weighted by Crippen LogP contribution is -2.32. The quantitative estimate of drug-likeness (QED) is 0.848. The molecular formula is C13H17NO2. The summed E-state index contributed by atoms with van der Waals surface area (Å²) < 4.78 is 5.59. The monoisotopic (exact) mass is 219 g/mol. The number of fused-ring (bicyclic) bond motifs is 1. The van der Waals surface area contributed by atoms with E-state index in [1.54, 1.807) is 0 Å². The van der Waals surface area contributed by atoms with Gasteiger partial charge in [-0.2, -0.15) is 0 Å². The summed E-state index contributed by atoms with van der Waals surface area (Å²) in [5.74, 6) is 0.727. The van der Waals surface area contributed by atoms with Crippen LogP contribution in [0.1, 0.15) is 25.8 Å². The van der Waals surface area contributed by atoms with Gasteiger partial charge in [-0.1, -0.05) is 18.2 Å². The van der Waals surface area contributed by atoms with Crippen molar-refractivity contribution in [3.63, 3.8) is 0 Å². The number of benzene rings is 1. The molecule has 16 heavy (non-hydrogen) atoms. The van der Waals surface area contributed by atoms with E-state index in [0.29, 0.717) is 13.0 Å². The molecule has 3 heteroatoms. The Kier molecular flexibility index (Phi) is 2.97. The molecule has 0 amide bonds. The van der Waals surface area contributed by atoms with Crippen LogP contribution in [0.15, 0.2) is 29.3 Å². The van der Waals surface area contributed by atoms with Crippen LogP contribution in [-0.2, 0) is 10.2 Å². The van der Waals surface area contributed by atoms with Crippen molar-refractivity contribution in [2.45, 2.75) is 25.7 Å². The van der Waals surface area contributed by atoms with Gasteiger partial charge in [0.25, 0.3) is 0 Å². The molecule has 0 saturated carbocycles. The summed E-state index contributed by atoms with van der Waals surface area (Å²) in [7, 11) is 0. The third-order valence-electron chi connectivity index (χ3n) is 3.09. The van der Waals surface area contributed by atoms with Gasteiger partial charge < -0.3 is 9.84 Å². The summed E-state index contributed by atoms with van der Waals surface area (Å²) >= 11 is 0. The summed E-state index contributed by atoms with van der Waals surface area (Å²) in [5, 5.41) is 9.19. The highest BCUT2D eigenvalue weighted by Gasteiger charge is 2.40. The Hall–Kier alpha value is -1.35. The molecule has 1 unspecified atom stereocenters. The topological polar surface area (TPSA) is 41.8 Å². The Morgan fingerprint density at radius 1 is 1.38 bits per heavy atom. The van der Waals surface area contributed by atoms with Crippen LogP contribution in [0.5, 0.6) is 0 Å². The largest absolute Gasteiger partial charge is 0.480 e. The number of para-hydroxylation sites is 1. The van der Waals surface area contributed by atoms with Gasteiger partial charge in [-0.15, -0.1) is 0 Å². The molecule has 86 valence electrons. The molecular weight excluding hydrogens is 202 g/mol. The van der Waals surface area contributed by atoms with Gasteiger partial charge in [-0.25, -0.2) is 4.99 Å². The number of hydrogen-bond acceptors (Lipinski definition) is 3. The van der Waals surface area contributed by atoms with Gasteiger partial charge in [0.15, 0.2) is 5.90 Å². The van der Waals surface area contributed by atoms with Crippen molar-refractivity contribution in [2.24, 2.45) is 4.99 Å². The number of nitrogens with zero attached hydrogens (tertiary/aromatic N) is 1. The van der Waals surface area contributed by atoms with Gasteiger partial charge in [-0.3, -0.25) is 0 Å². The first-order valence-corrected chi connectivity index (χ1v) is 5.64. The van der Waals surface area contributed by atoms with Crippen molar-refractivity contribution in [3.05, 3.63) is 29.8 Å². The molecule has 0 spiro atoms. The number of rotatable bonds is 3. The number of ether oxygens (including phenoxy) is 1. The molecule has 2 rings (SSSR count). The van der Waals surface area contributed by atoms with Crippen LogP contribution < -0.4 is 0 Å². The van der Waals surface area contributed by atoms with Crippen molar-refractivity contribution in [3.8, 4) is 0 Å². The Labute approximate surface area is 95.8 Å². The number of aliphatic hydroxyl groups is 1. The van der Waals surface area contributed by atoms with E-state index >= 15 is 0 Å². The highest BCUT2D eigenvalue weighted by atomic mass is 16.5. The van der Waals surface area contributed by atoms with Gasteiger partial charge in [0, 0.05) is 6.61 Å². The van der Waals surface area contributed by atoms with E-state index in [9.17, 15) is 5.11 Å². The predicted octanol–water partition coefficient (Wildman–Crippen LogP) is 2.41. The summed E-state index contributed by atoms with van der Waals surface area (Å²) in [6.45, 7) is 4.76. The molecule has 1 aromatic rings. The van der Waals surface area contributed by atoms with E-state index in [4.69, 9.17) is 4.74 Å². The molecule has 0 aromatic heterocycles. The van der Waals surface area contributed by atoms with E-state index in [0.717, 1.165) is 17.1 Å². The maximum absolute atomic E-state index is 9.19. The molecule has 1 aliphatic rings. The lowest BCUT2D eigenvalue weighted by Gasteiger charge is -2.25. The average Bonchev–Trinajstić information content (AvgIpc) is 2.55. The molecule has 0 radical (unpaired) electrons. The molecule has 0 bridgehead atoms. The van der Waals surface area contributed by atoms with Crippen molar-refractivity contribution in [1.29, 1.82) is 0 Å². The van der Waals surface area contributed by atoms with Crippen LogP contribution in [0, 0.1) is 0 Å². The first kappa shape index (κ1) is 11.1. The fraction of sp³-hybridized carbons (Fsp3) is 0.462. The van der Waals surface area contributed by atoms with E-state index in [2.05, 4.69) is 18.0 Å². The zero-order chi connectivity index (χ0) is 11.6. The number of aliphatic hydroxyl groups excluding tert-OH is 1. The maximum atomic E-state index is 9.19. The third kappa shape index (κ3) is 1.61. The highest BCUT2D eigenvalue weighted by Crippen LogP contribution is 2.42. The first-order chi connectivity index (χ1) is 7.72. The lowest BCUT2D eigenvalue weighted by atomic mass is 9.80. The minimum Gasteiger partial charge on any atom is -0.480 e. The number of hydrogen-bond donors (Lipinski definition) is 1. The van der Waals surface area contributed by atoms with Crippen molar-refractivity contribution < 1.29 is 9.84 Å². The van der Waals surface area contributed by atoms with E-state index in [1.165, 1.54) is 0 Å². The second kappa shape index (κ2) is 4.26. The zero-order valence-corrected chi connectivity index (χ0v) is 9.73. The highest BCUT2D eigenvalue weighted by molar-refractivity contribution is 5.96. The van der Waals surface area contributed by atoms with Gasteiger partial charge in [0.1, 0.15) is 0 Å². The smallest absolute Gasteiger partial charge is 0.199 e. The van der Waals surface area contributed by atoms with Gasteiger partial charge >= 0.3 is 0 Å². The fourth-order valence-corrected chi connectivity index (χ4v) is 2.18. The predicted molar refractivity (Wildman–Crippen MR) is 64.2 cm³/mol. The molecule has 1 aliphatic heterocycles. The molecule has 0 saturated heterocycles. The van der Waals surface area contributed by atoms with Crippen molar-refractivity contribution in [1.82, 2.24) is 0 Å². The molecule has 0 fully saturated rings. The maximum Gasteiger partial charge on any atom is 0.199 e. The lowest BCUT2D eigenvalue weighted by molar-refractivity contribution is 0.242. The normalized spacial score (nSPS) is 22.8.